The summed E-state index contributed by atoms with van der Waals surface area (Å²) >= 11 is 1.40. The minimum atomic E-state index is -4.61. The maximum Gasteiger partial charge on any atom is 0.416 e. The van der Waals surface area contributed by atoms with E-state index in [1.54, 1.807) is 12.1 Å². The van der Waals surface area contributed by atoms with Crippen molar-refractivity contribution in [3.05, 3.63) is 53.0 Å². The number of aryl methyl sites for hydroxylation is 1. The van der Waals surface area contributed by atoms with Gasteiger partial charge in [0.05, 0.1) is 31.4 Å². The Kier molecular flexibility index (Phi) is 4.00. The van der Waals surface area contributed by atoms with Crippen molar-refractivity contribution in [2.24, 2.45) is 0 Å². The van der Waals surface area contributed by atoms with Crippen molar-refractivity contribution in [1.82, 2.24) is 4.98 Å². The van der Waals surface area contributed by atoms with E-state index in [0.717, 1.165) is 33.4 Å². The highest BCUT2D eigenvalue weighted by Gasteiger charge is 2.31. The Bertz CT molecular complexity index is 1010. The van der Waals surface area contributed by atoms with Crippen LogP contribution in [-0.2, 0) is 16.2 Å². The van der Waals surface area contributed by atoms with E-state index < -0.39 is 26.7 Å². The maximum atomic E-state index is 12.7. The van der Waals surface area contributed by atoms with E-state index in [0.29, 0.717) is 6.07 Å². The van der Waals surface area contributed by atoms with Crippen molar-refractivity contribution in [2.45, 2.75) is 18.0 Å². The third-order valence-electron chi connectivity index (χ3n) is 3.22. The van der Waals surface area contributed by atoms with Crippen molar-refractivity contribution >= 4 is 37.3 Å². The second-order valence-electron chi connectivity index (χ2n) is 5.05. The van der Waals surface area contributed by atoms with Gasteiger partial charge >= 0.3 is 6.18 Å². The number of anilines is 1. The van der Waals surface area contributed by atoms with Gasteiger partial charge in [-0.15, -0.1) is 11.3 Å². The summed E-state index contributed by atoms with van der Waals surface area (Å²) in [5, 5.41) is 0.836. The Labute approximate surface area is 140 Å². The summed E-state index contributed by atoms with van der Waals surface area (Å²) in [6.45, 7) is 1.83. The van der Waals surface area contributed by atoms with Crippen LogP contribution >= 0.6 is 11.3 Å². The molecule has 0 aliphatic carbocycles. The van der Waals surface area contributed by atoms with Gasteiger partial charge in [-0.25, -0.2) is 13.4 Å². The summed E-state index contributed by atoms with van der Waals surface area (Å²) in [5.41, 5.74) is -0.0120. The smallest absolute Gasteiger partial charge is 0.280 e. The average molecular weight is 372 g/mol. The lowest BCUT2D eigenvalue weighted by atomic mass is 10.2. The third-order valence-corrected chi connectivity index (χ3v) is 5.53. The van der Waals surface area contributed by atoms with Crippen molar-refractivity contribution in [2.75, 3.05) is 4.72 Å². The normalized spacial score (nSPS) is 12.5. The molecular formula is C15H11F3N2O2S2. The molecule has 0 aliphatic heterocycles. The second-order valence-corrected chi connectivity index (χ2v) is 7.96. The fraction of sp³-hybridized carbons (Fsp3) is 0.133. The Morgan fingerprint density at radius 3 is 2.58 bits per heavy atom. The number of benzene rings is 2. The minimum absolute atomic E-state index is 0.267. The first-order valence-corrected chi connectivity index (χ1v) is 9.02. The van der Waals surface area contributed by atoms with E-state index in [1.165, 1.54) is 17.4 Å². The van der Waals surface area contributed by atoms with Crippen LogP contribution in [0.2, 0.25) is 0 Å². The molecule has 126 valence electrons. The van der Waals surface area contributed by atoms with Crippen molar-refractivity contribution in [1.29, 1.82) is 0 Å². The Morgan fingerprint density at radius 1 is 1.12 bits per heavy atom. The molecule has 4 nitrogen and oxygen atoms in total. The largest absolute Gasteiger partial charge is 0.416 e. The van der Waals surface area contributed by atoms with Gasteiger partial charge in [0.25, 0.3) is 10.0 Å². The van der Waals surface area contributed by atoms with Gasteiger partial charge in [-0.05, 0) is 43.3 Å². The average Bonchev–Trinajstić information content (AvgIpc) is 2.85. The number of nitrogens with one attached hydrogen (secondary N) is 1. The number of rotatable bonds is 3. The maximum absolute atomic E-state index is 12.7. The van der Waals surface area contributed by atoms with Gasteiger partial charge in [-0.2, -0.15) is 13.2 Å². The SMILES string of the molecule is Cc1nc2ccc(NS(=O)(=O)c3cccc(C(F)(F)F)c3)cc2s1. The van der Waals surface area contributed by atoms with Crippen LogP contribution in [-0.4, -0.2) is 13.4 Å². The van der Waals surface area contributed by atoms with E-state index in [4.69, 9.17) is 0 Å². The zero-order chi connectivity index (χ0) is 17.5. The van der Waals surface area contributed by atoms with Gasteiger partial charge in [0.15, 0.2) is 0 Å². The summed E-state index contributed by atoms with van der Waals surface area (Å²) in [6, 6.07) is 8.39. The number of aromatic nitrogens is 1. The first kappa shape index (κ1) is 16.7. The molecule has 3 rings (SSSR count). The van der Waals surface area contributed by atoms with Gasteiger partial charge in [-0.1, -0.05) is 6.07 Å². The van der Waals surface area contributed by atoms with Crippen LogP contribution in [0.4, 0.5) is 18.9 Å². The van der Waals surface area contributed by atoms with Gasteiger partial charge in [-0.3, -0.25) is 4.72 Å². The molecular weight excluding hydrogens is 361 g/mol. The molecule has 0 saturated carbocycles. The molecule has 0 saturated heterocycles. The molecule has 1 heterocycles. The van der Waals surface area contributed by atoms with Crippen LogP contribution in [0, 0.1) is 6.92 Å². The van der Waals surface area contributed by atoms with Crippen molar-refractivity contribution < 1.29 is 21.6 Å². The number of halogens is 3. The number of fused-ring (bicyclic) bond motifs is 1. The highest BCUT2D eigenvalue weighted by molar-refractivity contribution is 7.92. The number of sulfonamides is 1. The third kappa shape index (κ3) is 3.36. The predicted molar refractivity (Wildman–Crippen MR) is 86.6 cm³/mol. The molecule has 3 aromatic rings. The fourth-order valence-corrected chi connectivity index (χ4v) is 4.12. The van der Waals surface area contributed by atoms with Gasteiger partial charge in [0.1, 0.15) is 0 Å². The molecule has 0 fully saturated rings. The summed E-state index contributed by atoms with van der Waals surface area (Å²) in [7, 11) is -4.12. The molecule has 2 aromatic carbocycles. The molecule has 9 heteroatoms. The lowest BCUT2D eigenvalue weighted by molar-refractivity contribution is -0.137. The first-order valence-electron chi connectivity index (χ1n) is 6.72. The van der Waals surface area contributed by atoms with E-state index in [1.807, 2.05) is 6.92 Å². The standard InChI is InChI=1S/C15H11F3N2O2S2/c1-9-19-13-6-5-11(8-14(13)23-9)20-24(21,22)12-4-2-3-10(7-12)15(16,17)18/h2-8,20H,1H3. The molecule has 0 amide bonds. The van der Waals surface area contributed by atoms with Crippen LogP contribution < -0.4 is 4.72 Å². The fourth-order valence-electron chi connectivity index (χ4n) is 2.16. The van der Waals surface area contributed by atoms with Crippen molar-refractivity contribution in [3.63, 3.8) is 0 Å². The van der Waals surface area contributed by atoms with Crippen LogP contribution in [0.1, 0.15) is 10.6 Å². The molecule has 0 aliphatic rings. The molecule has 0 spiro atoms. The summed E-state index contributed by atoms with van der Waals surface area (Å²) in [4.78, 5) is 3.82. The summed E-state index contributed by atoms with van der Waals surface area (Å²) in [6.07, 6.45) is -4.61. The Hall–Kier alpha value is -2.13. The summed E-state index contributed by atoms with van der Waals surface area (Å²) < 4.78 is 66.0. The molecule has 1 aromatic heterocycles. The zero-order valence-corrected chi connectivity index (χ0v) is 13.9. The van der Waals surface area contributed by atoms with E-state index in [-0.39, 0.29) is 5.69 Å². The number of hydrogen-bond donors (Lipinski definition) is 1. The van der Waals surface area contributed by atoms with Crippen LogP contribution in [0.15, 0.2) is 47.4 Å². The molecule has 0 unspecified atom stereocenters. The van der Waals surface area contributed by atoms with Crippen molar-refractivity contribution in [3.8, 4) is 0 Å². The highest BCUT2D eigenvalue weighted by Crippen LogP contribution is 2.31. The number of alkyl halides is 3. The molecule has 0 atom stereocenters. The van der Waals surface area contributed by atoms with Crippen LogP contribution in [0.25, 0.3) is 10.2 Å². The second kappa shape index (κ2) is 5.75. The quantitative estimate of drug-likeness (QED) is 0.740. The minimum Gasteiger partial charge on any atom is -0.280 e. The molecule has 1 N–H and O–H groups in total. The Balaban J connectivity index is 1.95. The van der Waals surface area contributed by atoms with Gasteiger partial charge < -0.3 is 0 Å². The lowest BCUT2D eigenvalue weighted by Crippen LogP contribution is -2.14. The lowest BCUT2D eigenvalue weighted by Gasteiger charge is -2.11. The topological polar surface area (TPSA) is 59.1 Å². The monoisotopic (exact) mass is 372 g/mol. The van der Waals surface area contributed by atoms with E-state index >= 15 is 0 Å². The van der Waals surface area contributed by atoms with Gasteiger partial charge in [0.2, 0.25) is 0 Å². The van der Waals surface area contributed by atoms with Crippen LogP contribution in [0.3, 0.4) is 0 Å². The van der Waals surface area contributed by atoms with E-state index in [9.17, 15) is 21.6 Å². The van der Waals surface area contributed by atoms with E-state index in [2.05, 4.69) is 9.71 Å². The molecule has 0 radical (unpaired) electrons. The number of nitrogens with zero attached hydrogens (tertiary/aromatic N) is 1. The first-order chi connectivity index (χ1) is 11.1. The summed E-state index contributed by atoms with van der Waals surface area (Å²) in [5.74, 6) is 0. The van der Waals surface area contributed by atoms with Crippen LogP contribution in [0.5, 0.6) is 0 Å². The Morgan fingerprint density at radius 2 is 1.88 bits per heavy atom. The highest BCUT2D eigenvalue weighted by atomic mass is 32.2. The number of thiazole rings is 1. The zero-order valence-electron chi connectivity index (χ0n) is 12.3. The predicted octanol–water partition coefficient (Wildman–Crippen LogP) is 4.42. The molecule has 24 heavy (non-hydrogen) atoms. The molecule has 0 bridgehead atoms. The number of hydrogen-bond acceptors (Lipinski definition) is 4. The van der Waals surface area contributed by atoms with Gasteiger partial charge in [0, 0.05) is 0 Å².